The van der Waals surface area contributed by atoms with Crippen molar-refractivity contribution in [3.8, 4) is 11.5 Å². The fourth-order valence-electron chi connectivity index (χ4n) is 2.27. The quantitative estimate of drug-likeness (QED) is 0.640. The number of methoxy groups -OCH3 is 1. The maximum absolute atomic E-state index is 13.9. The van der Waals surface area contributed by atoms with E-state index in [4.69, 9.17) is 32.7 Å². The molecule has 2 aromatic rings. The summed E-state index contributed by atoms with van der Waals surface area (Å²) >= 11 is 12.4. The van der Waals surface area contributed by atoms with Crippen LogP contribution in [-0.4, -0.2) is 13.2 Å². The molecule has 1 atom stereocenters. The number of rotatable bonds is 8. The predicted molar refractivity (Wildman–Crippen MR) is 100 cm³/mol. The zero-order valence-corrected chi connectivity index (χ0v) is 16.0. The lowest BCUT2D eigenvalue weighted by Gasteiger charge is -2.16. The molecule has 0 aliphatic carbocycles. The van der Waals surface area contributed by atoms with E-state index in [1.54, 1.807) is 19.2 Å². The zero-order chi connectivity index (χ0) is 18.4. The Kier molecular flexibility index (Phi) is 7.36. The van der Waals surface area contributed by atoms with E-state index in [2.05, 4.69) is 19.2 Å². The van der Waals surface area contributed by atoms with E-state index in [1.807, 2.05) is 12.1 Å². The number of hydrogen-bond donors (Lipinski definition) is 1. The van der Waals surface area contributed by atoms with Gasteiger partial charge in [0, 0.05) is 18.2 Å². The molecular formula is C19H22Cl2FNO2. The lowest BCUT2D eigenvalue weighted by atomic mass is 10.1. The molecule has 3 nitrogen and oxygen atoms in total. The molecule has 0 spiro atoms. The van der Waals surface area contributed by atoms with Gasteiger partial charge >= 0.3 is 0 Å². The molecule has 0 unspecified atom stereocenters. The van der Waals surface area contributed by atoms with Crippen LogP contribution in [0.15, 0.2) is 30.3 Å². The Balaban J connectivity index is 2.17. The van der Waals surface area contributed by atoms with Crippen molar-refractivity contribution >= 4 is 23.2 Å². The Morgan fingerprint density at radius 3 is 2.60 bits per heavy atom. The van der Waals surface area contributed by atoms with Gasteiger partial charge in [-0.2, -0.15) is 0 Å². The van der Waals surface area contributed by atoms with Gasteiger partial charge in [0.05, 0.1) is 17.2 Å². The van der Waals surface area contributed by atoms with Crippen LogP contribution in [0.1, 0.15) is 31.4 Å². The van der Waals surface area contributed by atoms with Crippen molar-refractivity contribution in [2.24, 2.45) is 0 Å². The third-order valence-corrected chi connectivity index (χ3v) is 4.61. The molecule has 0 aliphatic heterocycles. The molecule has 0 saturated carbocycles. The van der Waals surface area contributed by atoms with Crippen molar-refractivity contribution in [2.45, 2.75) is 39.5 Å². The Labute approximate surface area is 158 Å². The fraction of sp³-hybridized carbons (Fsp3) is 0.368. The van der Waals surface area contributed by atoms with Gasteiger partial charge in [0.25, 0.3) is 0 Å². The molecule has 0 aromatic heterocycles. The normalized spacial score (nSPS) is 12.1. The van der Waals surface area contributed by atoms with Crippen LogP contribution in [0.5, 0.6) is 11.5 Å². The molecule has 6 heteroatoms. The van der Waals surface area contributed by atoms with Crippen molar-refractivity contribution in [3.05, 3.63) is 57.3 Å². The summed E-state index contributed by atoms with van der Waals surface area (Å²) in [4.78, 5) is 0. The van der Waals surface area contributed by atoms with E-state index in [0.717, 1.165) is 12.0 Å². The van der Waals surface area contributed by atoms with Crippen LogP contribution < -0.4 is 14.8 Å². The van der Waals surface area contributed by atoms with Crippen LogP contribution in [0.3, 0.4) is 0 Å². The molecule has 1 N–H and O–H groups in total. The number of hydrogen-bond acceptors (Lipinski definition) is 3. The van der Waals surface area contributed by atoms with E-state index in [9.17, 15) is 4.39 Å². The smallest absolute Gasteiger partial charge is 0.180 e. The summed E-state index contributed by atoms with van der Waals surface area (Å²) in [6.07, 6.45) is 1.04. The molecule has 0 bridgehead atoms. The maximum atomic E-state index is 13.9. The van der Waals surface area contributed by atoms with Gasteiger partial charge in [-0.1, -0.05) is 36.2 Å². The Hall–Kier alpha value is -1.49. The molecule has 25 heavy (non-hydrogen) atoms. The first kappa shape index (κ1) is 19.8. The molecule has 0 radical (unpaired) electrons. The molecule has 2 aromatic carbocycles. The SMILES string of the molecule is CC[C@@H](C)NCc1cc(Cl)c(OCc2c(F)cccc2Cl)c(OC)c1. The topological polar surface area (TPSA) is 30.5 Å². The summed E-state index contributed by atoms with van der Waals surface area (Å²) < 4.78 is 25.0. The van der Waals surface area contributed by atoms with Crippen molar-refractivity contribution < 1.29 is 13.9 Å². The van der Waals surface area contributed by atoms with Gasteiger partial charge in [-0.15, -0.1) is 0 Å². The van der Waals surface area contributed by atoms with E-state index < -0.39 is 5.82 Å². The van der Waals surface area contributed by atoms with E-state index in [0.29, 0.717) is 34.1 Å². The molecule has 0 fully saturated rings. The summed E-state index contributed by atoms with van der Waals surface area (Å²) in [5.41, 5.74) is 1.27. The lowest BCUT2D eigenvalue weighted by molar-refractivity contribution is 0.280. The van der Waals surface area contributed by atoms with Gasteiger partial charge in [0.2, 0.25) is 0 Å². The largest absolute Gasteiger partial charge is 0.493 e. The second-order valence-electron chi connectivity index (χ2n) is 5.79. The first-order valence-electron chi connectivity index (χ1n) is 8.11. The molecule has 136 valence electrons. The van der Waals surface area contributed by atoms with Gasteiger partial charge in [0.15, 0.2) is 11.5 Å². The second-order valence-corrected chi connectivity index (χ2v) is 6.60. The summed E-state index contributed by atoms with van der Waals surface area (Å²) in [6.45, 7) is 4.88. The van der Waals surface area contributed by atoms with Gasteiger partial charge < -0.3 is 14.8 Å². The monoisotopic (exact) mass is 385 g/mol. The summed E-state index contributed by atoms with van der Waals surface area (Å²) in [5, 5.41) is 4.12. The van der Waals surface area contributed by atoms with Crippen LogP contribution in [0.25, 0.3) is 0 Å². The number of ether oxygens (including phenoxy) is 2. The van der Waals surface area contributed by atoms with E-state index in [1.165, 1.54) is 6.07 Å². The summed E-state index contributed by atoms with van der Waals surface area (Å²) in [5.74, 6) is 0.452. The standard InChI is InChI=1S/C19H22Cl2FNO2/c1-4-12(2)23-10-13-8-16(21)19(18(9-13)24-3)25-11-14-15(20)6-5-7-17(14)22/h5-9,12,23H,4,10-11H2,1-3H3/t12-/m1/s1. The summed E-state index contributed by atoms with van der Waals surface area (Å²) in [6, 6.07) is 8.59. The van der Waals surface area contributed by atoms with Crippen LogP contribution in [0.2, 0.25) is 10.0 Å². The van der Waals surface area contributed by atoms with Crippen LogP contribution in [0.4, 0.5) is 4.39 Å². The van der Waals surface area contributed by atoms with Crippen molar-refractivity contribution in [1.82, 2.24) is 5.32 Å². The van der Waals surface area contributed by atoms with Crippen molar-refractivity contribution in [3.63, 3.8) is 0 Å². The van der Waals surface area contributed by atoms with Gasteiger partial charge in [0.1, 0.15) is 12.4 Å². The maximum Gasteiger partial charge on any atom is 0.180 e. The first-order valence-corrected chi connectivity index (χ1v) is 8.87. The Morgan fingerprint density at radius 1 is 1.20 bits per heavy atom. The van der Waals surface area contributed by atoms with E-state index in [-0.39, 0.29) is 12.2 Å². The summed E-state index contributed by atoms with van der Waals surface area (Å²) in [7, 11) is 1.54. The number of nitrogens with one attached hydrogen (secondary N) is 1. The Morgan fingerprint density at radius 2 is 1.96 bits per heavy atom. The number of halogens is 3. The Bertz CT molecular complexity index is 705. The minimum absolute atomic E-state index is 0.0357. The highest BCUT2D eigenvalue weighted by Gasteiger charge is 2.15. The highest BCUT2D eigenvalue weighted by atomic mass is 35.5. The third kappa shape index (κ3) is 5.24. The first-order chi connectivity index (χ1) is 12.0. The average Bonchev–Trinajstić information content (AvgIpc) is 2.60. The van der Waals surface area contributed by atoms with Crippen molar-refractivity contribution in [2.75, 3.05) is 7.11 Å². The molecule has 0 amide bonds. The van der Waals surface area contributed by atoms with Gasteiger partial charge in [-0.05, 0) is 43.2 Å². The minimum Gasteiger partial charge on any atom is -0.493 e. The molecule has 2 rings (SSSR count). The zero-order valence-electron chi connectivity index (χ0n) is 14.5. The van der Waals surface area contributed by atoms with Crippen LogP contribution in [-0.2, 0) is 13.2 Å². The number of benzene rings is 2. The van der Waals surface area contributed by atoms with Crippen LogP contribution in [0, 0.1) is 5.82 Å². The fourth-order valence-corrected chi connectivity index (χ4v) is 2.77. The average molecular weight is 386 g/mol. The van der Waals surface area contributed by atoms with Crippen molar-refractivity contribution in [1.29, 1.82) is 0 Å². The molecule has 0 saturated heterocycles. The molecule has 0 aliphatic rings. The highest BCUT2D eigenvalue weighted by Crippen LogP contribution is 2.37. The highest BCUT2D eigenvalue weighted by molar-refractivity contribution is 6.32. The minimum atomic E-state index is -0.419. The second kappa shape index (κ2) is 9.27. The lowest BCUT2D eigenvalue weighted by Crippen LogP contribution is -2.24. The van der Waals surface area contributed by atoms with Gasteiger partial charge in [-0.3, -0.25) is 0 Å². The van der Waals surface area contributed by atoms with Gasteiger partial charge in [-0.25, -0.2) is 4.39 Å². The predicted octanol–water partition coefficient (Wildman–Crippen LogP) is 5.61. The molecular weight excluding hydrogens is 364 g/mol. The third-order valence-electron chi connectivity index (χ3n) is 3.98. The van der Waals surface area contributed by atoms with Crippen LogP contribution >= 0.6 is 23.2 Å². The molecule has 0 heterocycles. The van der Waals surface area contributed by atoms with E-state index >= 15 is 0 Å².